The molecule has 3 amide bonds. The molecule has 14 nitrogen and oxygen atoms in total. The lowest BCUT2D eigenvalue weighted by Gasteiger charge is -2.57. The van der Waals surface area contributed by atoms with Gasteiger partial charge < -0.3 is 41.2 Å². The van der Waals surface area contributed by atoms with Crippen molar-refractivity contribution < 1.29 is 33.4 Å². The molecule has 0 radical (unpaired) electrons. The normalized spacial score (nSPS) is 23.5. The fraction of sp³-hybridized carbons (Fsp3) is 0.528. The summed E-state index contributed by atoms with van der Waals surface area (Å²) in [5, 5.41) is 5.40. The van der Waals surface area contributed by atoms with Crippen LogP contribution in [0.25, 0.3) is 0 Å². The Morgan fingerprint density at radius 3 is 2.68 bits per heavy atom. The number of rotatable bonds is 13. The summed E-state index contributed by atoms with van der Waals surface area (Å²) in [5.74, 6) is 1.70. The third kappa shape index (κ3) is 6.80. The monoisotopic (exact) mass is 689 g/mol. The minimum Gasteiger partial charge on any atom is -0.493 e. The van der Waals surface area contributed by atoms with Gasteiger partial charge in [-0.15, -0.1) is 0 Å². The first-order valence-electron chi connectivity index (χ1n) is 17.3. The zero-order valence-corrected chi connectivity index (χ0v) is 28.9. The molecule has 2 aromatic carbocycles. The average molecular weight is 690 g/mol. The van der Waals surface area contributed by atoms with Crippen LogP contribution in [0.4, 0.5) is 4.79 Å². The number of carbonyl (C=O) groups excluding carboxylic acids is 4. The maximum Gasteiger partial charge on any atom is 0.415 e. The van der Waals surface area contributed by atoms with Gasteiger partial charge in [-0.2, -0.15) is 0 Å². The average Bonchev–Trinajstić information content (AvgIpc) is 3.44. The number of benzene rings is 2. The third-order valence-corrected chi connectivity index (χ3v) is 10.6. The highest BCUT2D eigenvalue weighted by atomic mass is 16.6. The molecule has 5 atom stereocenters. The Hall–Kier alpha value is -4.85. The van der Waals surface area contributed by atoms with Gasteiger partial charge in [0, 0.05) is 63.6 Å². The van der Waals surface area contributed by atoms with Gasteiger partial charge in [-0.25, -0.2) is 4.79 Å². The number of guanidine groups is 1. The number of likely N-dealkylation sites (tertiary alicyclic amines) is 1. The number of aliphatic imine (C=N–C) groups is 1. The molecule has 1 unspecified atom stereocenters. The lowest BCUT2D eigenvalue weighted by molar-refractivity contribution is -0.139. The molecule has 1 spiro atoms. The van der Waals surface area contributed by atoms with Gasteiger partial charge in [-0.05, 0) is 73.9 Å². The molecule has 2 aliphatic carbocycles. The first-order valence-corrected chi connectivity index (χ1v) is 17.3. The van der Waals surface area contributed by atoms with E-state index in [9.17, 15) is 19.2 Å². The number of hydrogen-bond donors (Lipinski definition) is 4. The van der Waals surface area contributed by atoms with Gasteiger partial charge in [0.05, 0.1) is 7.11 Å². The molecule has 2 bridgehead atoms. The minimum atomic E-state index is -0.741. The topological polar surface area (TPSA) is 191 Å². The molecular formula is C36H47N7O7. The molecule has 1 saturated heterocycles. The van der Waals surface area contributed by atoms with E-state index in [2.05, 4.69) is 26.6 Å². The highest BCUT2D eigenvalue weighted by molar-refractivity contribution is 5.89. The summed E-state index contributed by atoms with van der Waals surface area (Å²) in [4.78, 5) is 58.1. The number of amides is 3. The zero-order valence-electron chi connectivity index (χ0n) is 28.9. The van der Waals surface area contributed by atoms with Crippen molar-refractivity contribution in [2.24, 2.45) is 22.4 Å². The third-order valence-electron chi connectivity index (χ3n) is 10.6. The summed E-state index contributed by atoms with van der Waals surface area (Å²) in [7, 11) is 3.24. The zero-order chi connectivity index (χ0) is 35.6. The highest BCUT2D eigenvalue weighted by Gasteiger charge is 2.65. The van der Waals surface area contributed by atoms with E-state index in [0.717, 1.165) is 43.7 Å². The Morgan fingerprint density at radius 2 is 1.96 bits per heavy atom. The first-order chi connectivity index (χ1) is 24.0. The number of nitrogens with zero attached hydrogens (tertiary/aromatic N) is 3. The van der Waals surface area contributed by atoms with E-state index in [4.69, 9.17) is 25.7 Å². The van der Waals surface area contributed by atoms with Crippen LogP contribution in [0.5, 0.6) is 17.2 Å². The SMILES string of the molecule is COc1ccc2c3c1O[C@H]1C(=O)CC[C@H]4C(C2)N(Cc2ccc(OC(=O)N(C)CCNC(=O)[C@H](CCCN=C(N)N)NC(C)=O)cc2)CC[C@]314. The summed E-state index contributed by atoms with van der Waals surface area (Å²) >= 11 is 0. The summed E-state index contributed by atoms with van der Waals surface area (Å²) in [6.07, 6.45) is 3.02. The number of nitrogens with one attached hydrogen (secondary N) is 2. The van der Waals surface area contributed by atoms with Gasteiger partial charge in [0.2, 0.25) is 11.8 Å². The predicted octanol–water partition coefficient (Wildman–Crippen LogP) is 1.61. The molecule has 2 aromatic rings. The van der Waals surface area contributed by atoms with Gasteiger partial charge in [-0.3, -0.25) is 24.3 Å². The summed E-state index contributed by atoms with van der Waals surface area (Å²) in [5.41, 5.74) is 14.0. The van der Waals surface area contributed by atoms with Crippen LogP contribution in [0.2, 0.25) is 0 Å². The molecule has 1 saturated carbocycles. The van der Waals surface area contributed by atoms with Crippen molar-refractivity contribution in [3.63, 3.8) is 0 Å². The van der Waals surface area contributed by atoms with Gasteiger partial charge in [0.1, 0.15) is 11.8 Å². The number of likely N-dealkylation sites (N-methyl/N-ethyl adjacent to an activating group) is 1. The Morgan fingerprint density at radius 1 is 1.18 bits per heavy atom. The van der Waals surface area contributed by atoms with E-state index in [1.807, 2.05) is 18.2 Å². The van der Waals surface area contributed by atoms with Gasteiger partial charge >= 0.3 is 6.09 Å². The fourth-order valence-corrected chi connectivity index (χ4v) is 8.41. The van der Waals surface area contributed by atoms with Crippen LogP contribution in [0.3, 0.4) is 0 Å². The van der Waals surface area contributed by atoms with Crippen LogP contribution < -0.4 is 36.3 Å². The van der Waals surface area contributed by atoms with Gasteiger partial charge in [-0.1, -0.05) is 18.2 Å². The number of piperidine rings is 1. The van der Waals surface area contributed by atoms with Crippen LogP contribution in [-0.2, 0) is 32.8 Å². The van der Waals surface area contributed by atoms with E-state index in [0.29, 0.717) is 49.3 Å². The molecule has 6 rings (SSSR count). The molecule has 0 aromatic heterocycles. The second-order valence-corrected chi connectivity index (χ2v) is 13.7. The molecule has 4 aliphatic rings. The summed E-state index contributed by atoms with van der Waals surface area (Å²) in [6.45, 7) is 3.66. The van der Waals surface area contributed by atoms with Crippen molar-refractivity contribution in [3.8, 4) is 17.2 Å². The van der Waals surface area contributed by atoms with E-state index in [1.54, 1.807) is 26.3 Å². The molecule has 2 fully saturated rings. The van der Waals surface area contributed by atoms with Crippen molar-refractivity contribution in [3.05, 3.63) is 53.1 Å². The van der Waals surface area contributed by atoms with Crippen LogP contribution in [0.1, 0.15) is 55.7 Å². The Labute approximate surface area is 291 Å². The second kappa shape index (κ2) is 14.6. The number of Topliss-reactive ketones (excluding diaryl/α,β-unsaturated/α-hetero) is 1. The lowest BCUT2D eigenvalue weighted by Crippen LogP contribution is -2.65. The quantitative estimate of drug-likeness (QED) is 0.137. The van der Waals surface area contributed by atoms with Gasteiger partial charge in [0.15, 0.2) is 29.3 Å². The summed E-state index contributed by atoms with van der Waals surface area (Å²) < 4.78 is 17.7. The lowest BCUT2D eigenvalue weighted by atomic mass is 9.51. The first kappa shape index (κ1) is 35.0. The molecule has 2 heterocycles. The molecule has 2 aliphatic heterocycles. The van der Waals surface area contributed by atoms with E-state index in [-0.39, 0.29) is 42.1 Å². The van der Waals surface area contributed by atoms with E-state index in [1.165, 1.54) is 23.0 Å². The predicted molar refractivity (Wildman–Crippen MR) is 185 cm³/mol. The van der Waals surface area contributed by atoms with Crippen molar-refractivity contribution in [2.75, 3.05) is 40.3 Å². The van der Waals surface area contributed by atoms with Crippen LogP contribution in [0, 0.1) is 5.92 Å². The Kier molecular flexibility index (Phi) is 10.2. The number of carbonyl (C=O) groups is 4. The number of ether oxygens (including phenoxy) is 3. The van der Waals surface area contributed by atoms with Gasteiger partial charge in [0.25, 0.3) is 0 Å². The fourth-order valence-electron chi connectivity index (χ4n) is 8.41. The number of nitrogens with two attached hydrogens (primary N) is 2. The highest BCUT2D eigenvalue weighted by Crippen LogP contribution is 2.63. The number of ketones is 1. The maximum atomic E-state index is 13.2. The number of hydrogen-bond acceptors (Lipinski definition) is 9. The van der Waals surface area contributed by atoms with Crippen molar-refractivity contribution in [2.45, 2.75) is 75.6 Å². The molecule has 14 heteroatoms. The second-order valence-electron chi connectivity index (χ2n) is 13.7. The van der Waals surface area contributed by atoms with Crippen molar-refractivity contribution in [1.82, 2.24) is 20.4 Å². The number of methoxy groups -OCH3 is 1. The van der Waals surface area contributed by atoms with Crippen LogP contribution in [-0.4, -0.2) is 98.0 Å². The molecular weight excluding hydrogens is 642 g/mol. The molecule has 50 heavy (non-hydrogen) atoms. The smallest absolute Gasteiger partial charge is 0.415 e. The van der Waals surface area contributed by atoms with E-state index >= 15 is 0 Å². The van der Waals surface area contributed by atoms with Crippen molar-refractivity contribution >= 4 is 29.7 Å². The van der Waals surface area contributed by atoms with Crippen LogP contribution >= 0.6 is 0 Å². The molecule has 6 N–H and O–H groups in total. The Bertz CT molecular complexity index is 1660. The minimum absolute atomic E-state index is 0.0327. The largest absolute Gasteiger partial charge is 0.493 e. The molecule has 268 valence electrons. The summed E-state index contributed by atoms with van der Waals surface area (Å²) in [6, 6.07) is 11.2. The standard InChI is InChI=1S/C36H47N7O7/c1-21(44)41-26(5-4-15-40-34(37)38)33(46)39-16-18-42(2)35(47)49-24-9-6-22(7-10-24)20-43-17-14-36-25-11-12-28(45)32(36)50-31-29(48-3)13-8-23(30(31)36)19-27(25)43/h6-10,13,25-27,32H,4-5,11-12,14-20H2,1-3H3,(H,39,46)(H,41,44)(H4,37,38,40)/t25-,26-,27?,32-,36-/m0/s1. The maximum absolute atomic E-state index is 13.2. The van der Waals surface area contributed by atoms with Crippen molar-refractivity contribution in [1.29, 1.82) is 0 Å². The Balaban J connectivity index is 1.01. The van der Waals surface area contributed by atoms with E-state index < -0.39 is 18.2 Å². The van der Waals surface area contributed by atoms with Crippen LogP contribution in [0.15, 0.2) is 41.4 Å².